The summed E-state index contributed by atoms with van der Waals surface area (Å²) in [5, 5.41) is 3.32. The molecule has 1 aliphatic rings. The van der Waals surface area contributed by atoms with Gasteiger partial charge in [0.25, 0.3) is 0 Å². The van der Waals surface area contributed by atoms with Crippen LogP contribution in [0.1, 0.15) is 32.2 Å². The highest BCUT2D eigenvalue weighted by Crippen LogP contribution is 2.25. The van der Waals surface area contributed by atoms with Crippen molar-refractivity contribution in [3.05, 3.63) is 11.4 Å². The van der Waals surface area contributed by atoms with Crippen LogP contribution >= 0.6 is 0 Å². The van der Waals surface area contributed by atoms with Crippen LogP contribution in [0.25, 0.3) is 0 Å². The Balaban J connectivity index is 2.16. The molecule has 0 aliphatic carbocycles. The number of rotatable bonds is 4. The number of aromatic nitrogens is 2. The molecule has 7 heteroatoms. The van der Waals surface area contributed by atoms with Crippen LogP contribution in [0.15, 0.2) is 0 Å². The monoisotopic (exact) mass is 295 g/mol. The van der Waals surface area contributed by atoms with Gasteiger partial charge in [-0.15, -0.1) is 0 Å². The highest BCUT2D eigenvalue weighted by atomic mass is 16.6. The smallest absolute Gasteiger partial charge is 0.148 e. The second-order valence-electron chi connectivity index (χ2n) is 6.21. The molecule has 1 fully saturated rings. The molecule has 1 aliphatic heterocycles. The van der Waals surface area contributed by atoms with E-state index in [1.807, 2.05) is 6.92 Å². The van der Waals surface area contributed by atoms with Gasteiger partial charge in [0.05, 0.1) is 25.9 Å². The van der Waals surface area contributed by atoms with Gasteiger partial charge in [-0.25, -0.2) is 15.8 Å². The van der Waals surface area contributed by atoms with Crippen molar-refractivity contribution in [1.29, 1.82) is 0 Å². The van der Waals surface area contributed by atoms with Crippen LogP contribution < -0.4 is 16.6 Å². The zero-order valence-electron chi connectivity index (χ0n) is 13.2. The fraction of sp³-hybridized carbons (Fsp3) is 0.714. The first-order valence-electron chi connectivity index (χ1n) is 7.20. The molecule has 2 rings (SSSR count). The van der Waals surface area contributed by atoms with Gasteiger partial charge in [-0.1, -0.05) is 20.8 Å². The molecule has 1 saturated heterocycles. The Morgan fingerprint density at radius 1 is 1.24 bits per heavy atom. The summed E-state index contributed by atoms with van der Waals surface area (Å²) in [6.07, 6.45) is 0.0421. The van der Waals surface area contributed by atoms with Gasteiger partial charge in [-0.3, -0.25) is 0 Å². The molecule has 0 saturated carbocycles. The van der Waals surface area contributed by atoms with Gasteiger partial charge in [0.1, 0.15) is 17.5 Å². The summed E-state index contributed by atoms with van der Waals surface area (Å²) in [5.74, 6) is 7.71. The van der Waals surface area contributed by atoms with E-state index in [-0.39, 0.29) is 11.5 Å². The van der Waals surface area contributed by atoms with E-state index in [1.54, 1.807) is 0 Å². The van der Waals surface area contributed by atoms with Crippen LogP contribution in [0.4, 0.5) is 11.6 Å². The van der Waals surface area contributed by atoms with Gasteiger partial charge >= 0.3 is 0 Å². The molecule has 4 N–H and O–H groups in total. The molecule has 118 valence electrons. The number of hydrogen-bond acceptors (Lipinski definition) is 7. The van der Waals surface area contributed by atoms with Gasteiger partial charge in [-0.2, -0.15) is 0 Å². The second-order valence-corrected chi connectivity index (χ2v) is 6.21. The van der Waals surface area contributed by atoms with Crippen LogP contribution in [0.2, 0.25) is 0 Å². The standard InChI is InChI=1S/C14H25N5O2/c1-9-11(16-7-10-8-20-5-6-21-10)17-13(14(2,3)4)18-12(9)19-15/h10H,5-8,15H2,1-4H3,(H2,16,17,18,19). The Bertz CT molecular complexity index is 481. The number of hydrazine groups is 1. The molecule has 2 heterocycles. The fourth-order valence-electron chi connectivity index (χ4n) is 2.03. The van der Waals surface area contributed by atoms with E-state index in [2.05, 4.69) is 41.5 Å². The third-order valence-corrected chi connectivity index (χ3v) is 3.34. The average molecular weight is 295 g/mol. The average Bonchev–Trinajstić information content (AvgIpc) is 2.46. The van der Waals surface area contributed by atoms with Crippen LogP contribution in [-0.4, -0.2) is 42.4 Å². The highest BCUT2D eigenvalue weighted by Gasteiger charge is 2.22. The number of nitrogens with one attached hydrogen (secondary N) is 2. The highest BCUT2D eigenvalue weighted by molar-refractivity contribution is 5.57. The Labute approximate surface area is 125 Å². The van der Waals surface area contributed by atoms with Crippen molar-refractivity contribution in [1.82, 2.24) is 9.97 Å². The summed E-state index contributed by atoms with van der Waals surface area (Å²) >= 11 is 0. The van der Waals surface area contributed by atoms with Gasteiger partial charge in [0, 0.05) is 17.5 Å². The summed E-state index contributed by atoms with van der Waals surface area (Å²) < 4.78 is 11.0. The Kier molecular flexibility index (Phi) is 4.97. The molecule has 1 unspecified atom stereocenters. The number of nitrogens with zero attached hydrogens (tertiary/aromatic N) is 2. The molecule has 21 heavy (non-hydrogen) atoms. The molecule has 0 bridgehead atoms. The van der Waals surface area contributed by atoms with Crippen LogP contribution in [0.3, 0.4) is 0 Å². The SMILES string of the molecule is Cc1c(NN)nc(C(C)(C)C)nc1NCC1COCCO1. The molecule has 0 amide bonds. The molecule has 0 aromatic carbocycles. The minimum atomic E-state index is -0.153. The predicted molar refractivity (Wildman–Crippen MR) is 82.3 cm³/mol. The lowest BCUT2D eigenvalue weighted by Crippen LogP contribution is -2.34. The van der Waals surface area contributed by atoms with E-state index in [0.717, 1.165) is 17.2 Å². The summed E-state index contributed by atoms with van der Waals surface area (Å²) in [4.78, 5) is 9.10. The second kappa shape index (κ2) is 6.55. The third-order valence-electron chi connectivity index (χ3n) is 3.34. The maximum absolute atomic E-state index is 5.62. The van der Waals surface area contributed by atoms with E-state index in [9.17, 15) is 0 Å². The van der Waals surface area contributed by atoms with Gasteiger partial charge < -0.3 is 20.2 Å². The Morgan fingerprint density at radius 3 is 2.52 bits per heavy atom. The van der Waals surface area contributed by atoms with Gasteiger partial charge in [-0.05, 0) is 6.92 Å². The number of nitrogens with two attached hydrogens (primary N) is 1. The van der Waals surface area contributed by atoms with Crippen LogP contribution in [0.5, 0.6) is 0 Å². The number of hydrogen-bond donors (Lipinski definition) is 3. The van der Waals surface area contributed by atoms with Gasteiger partial charge in [0.15, 0.2) is 0 Å². The first-order chi connectivity index (χ1) is 9.91. The molecular formula is C14H25N5O2. The number of nitrogen functional groups attached to an aromatic ring is 1. The minimum Gasteiger partial charge on any atom is -0.376 e. The van der Waals surface area contributed by atoms with Crippen molar-refractivity contribution in [2.75, 3.05) is 37.1 Å². The van der Waals surface area contributed by atoms with E-state index in [4.69, 9.17) is 15.3 Å². The molecule has 0 spiro atoms. The molecule has 1 aromatic rings. The zero-order valence-corrected chi connectivity index (χ0v) is 13.2. The molecule has 1 atom stereocenters. The van der Waals surface area contributed by atoms with E-state index in [1.165, 1.54) is 0 Å². The number of ether oxygens (including phenoxy) is 2. The molecule has 7 nitrogen and oxygen atoms in total. The minimum absolute atomic E-state index is 0.0421. The lowest BCUT2D eigenvalue weighted by atomic mass is 9.95. The predicted octanol–water partition coefficient (Wildman–Crippen LogP) is 1.20. The molecule has 1 aromatic heterocycles. The number of anilines is 2. The van der Waals surface area contributed by atoms with Gasteiger partial charge in [0.2, 0.25) is 0 Å². The lowest BCUT2D eigenvalue weighted by molar-refractivity contribution is -0.0819. The van der Waals surface area contributed by atoms with Crippen LogP contribution in [-0.2, 0) is 14.9 Å². The van der Waals surface area contributed by atoms with E-state index >= 15 is 0 Å². The zero-order chi connectivity index (χ0) is 15.5. The molecule has 0 radical (unpaired) electrons. The van der Waals surface area contributed by atoms with Crippen molar-refractivity contribution in [3.63, 3.8) is 0 Å². The van der Waals surface area contributed by atoms with Crippen molar-refractivity contribution in [2.45, 2.75) is 39.2 Å². The summed E-state index contributed by atoms with van der Waals surface area (Å²) in [6, 6.07) is 0. The largest absolute Gasteiger partial charge is 0.376 e. The quantitative estimate of drug-likeness (QED) is 0.567. The summed E-state index contributed by atoms with van der Waals surface area (Å²) in [5.41, 5.74) is 3.38. The van der Waals surface area contributed by atoms with Crippen molar-refractivity contribution in [2.24, 2.45) is 5.84 Å². The first kappa shape index (κ1) is 15.9. The fourth-order valence-corrected chi connectivity index (χ4v) is 2.03. The van der Waals surface area contributed by atoms with E-state index in [0.29, 0.717) is 32.2 Å². The maximum Gasteiger partial charge on any atom is 0.148 e. The Morgan fingerprint density at radius 2 is 1.95 bits per heavy atom. The van der Waals surface area contributed by atoms with Crippen molar-refractivity contribution >= 4 is 11.6 Å². The maximum atomic E-state index is 5.62. The lowest BCUT2D eigenvalue weighted by Gasteiger charge is -2.25. The first-order valence-corrected chi connectivity index (χ1v) is 7.20. The topological polar surface area (TPSA) is 94.3 Å². The van der Waals surface area contributed by atoms with Crippen molar-refractivity contribution in [3.8, 4) is 0 Å². The normalized spacial score (nSPS) is 19.4. The van der Waals surface area contributed by atoms with Crippen LogP contribution in [0, 0.1) is 6.92 Å². The van der Waals surface area contributed by atoms with Crippen molar-refractivity contribution < 1.29 is 9.47 Å². The summed E-state index contributed by atoms with van der Waals surface area (Å²) in [6.45, 7) is 10.7. The molecular weight excluding hydrogens is 270 g/mol. The summed E-state index contributed by atoms with van der Waals surface area (Å²) in [7, 11) is 0. The van der Waals surface area contributed by atoms with E-state index < -0.39 is 0 Å². The third kappa shape index (κ3) is 4.03. The Hall–Kier alpha value is -1.44.